The highest BCUT2D eigenvalue weighted by molar-refractivity contribution is 6.02. The maximum atomic E-state index is 11.7. The van der Waals surface area contributed by atoms with Crippen LogP contribution >= 0.6 is 0 Å². The van der Waals surface area contributed by atoms with Gasteiger partial charge in [0.1, 0.15) is 11.6 Å². The van der Waals surface area contributed by atoms with Crippen LogP contribution in [0.4, 0.5) is 0 Å². The smallest absolute Gasteiger partial charge is 0.305 e. The number of ketones is 1. The molecule has 88 valence electrons. The Kier molecular flexibility index (Phi) is 5.23. The molecule has 0 aliphatic heterocycles. The van der Waals surface area contributed by atoms with Crippen LogP contribution in [-0.2, 0) is 9.59 Å². The fourth-order valence-electron chi connectivity index (χ4n) is 0.906. The fraction of sp³-hybridized carbons (Fsp3) is 0.545. The van der Waals surface area contributed by atoms with Crippen LogP contribution in [0.15, 0.2) is 11.8 Å². The van der Waals surface area contributed by atoms with Crippen molar-refractivity contribution in [2.24, 2.45) is 5.41 Å². The van der Waals surface area contributed by atoms with Gasteiger partial charge < -0.3 is 10.4 Å². The van der Waals surface area contributed by atoms with Crippen molar-refractivity contribution in [1.29, 1.82) is 5.26 Å². The lowest BCUT2D eigenvalue weighted by molar-refractivity contribution is -0.136. The van der Waals surface area contributed by atoms with E-state index in [1.54, 1.807) is 26.8 Å². The van der Waals surface area contributed by atoms with Crippen molar-refractivity contribution in [3.8, 4) is 6.07 Å². The molecule has 5 heteroatoms. The summed E-state index contributed by atoms with van der Waals surface area (Å²) in [6, 6.07) is 1.80. The summed E-state index contributed by atoms with van der Waals surface area (Å²) in [4.78, 5) is 21.9. The number of nitriles is 1. The minimum absolute atomic E-state index is 0.0119. The number of allylic oxidation sites excluding steroid dienone is 1. The van der Waals surface area contributed by atoms with E-state index in [2.05, 4.69) is 5.32 Å². The van der Waals surface area contributed by atoms with Gasteiger partial charge in [0, 0.05) is 18.2 Å². The molecule has 0 aromatic carbocycles. The average Bonchev–Trinajstić information content (AvgIpc) is 2.15. The predicted octanol–water partition coefficient (Wildman–Crippen LogP) is 1.07. The van der Waals surface area contributed by atoms with Crippen LogP contribution in [-0.4, -0.2) is 23.4 Å². The zero-order chi connectivity index (χ0) is 12.8. The number of carboxylic acid groups (broad SMARTS) is 1. The molecular weight excluding hydrogens is 208 g/mol. The Bertz CT molecular complexity index is 345. The SMILES string of the molecule is CC(C)(C)C(=O)C(C#N)=CNCCC(=O)O. The molecule has 0 heterocycles. The molecule has 0 rings (SSSR count). The Labute approximate surface area is 94.8 Å². The van der Waals surface area contributed by atoms with Gasteiger partial charge in [-0.15, -0.1) is 0 Å². The second-order valence-electron chi connectivity index (χ2n) is 4.35. The number of hydrogen-bond donors (Lipinski definition) is 2. The van der Waals surface area contributed by atoms with Crippen LogP contribution in [0.1, 0.15) is 27.2 Å². The maximum absolute atomic E-state index is 11.7. The van der Waals surface area contributed by atoms with Crippen molar-refractivity contribution in [2.75, 3.05) is 6.54 Å². The van der Waals surface area contributed by atoms with E-state index in [1.165, 1.54) is 6.20 Å². The highest BCUT2D eigenvalue weighted by atomic mass is 16.4. The number of Topliss-reactive ketones (excluding diaryl/α,β-unsaturated/α-hetero) is 1. The lowest BCUT2D eigenvalue weighted by Gasteiger charge is -2.15. The number of nitrogens with zero attached hydrogens (tertiary/aromatic N) is 1. The molecule has 0 unspecified atom stereocenters. The lowest BCUT2D eigenvalue weighted by Crippen LogP contribution is -2.23. The summed E-state index contributed by atoms with van der Waals surface area (Å²) in [5, 5.41) is 19.8. The summed E-state index contributed by atoms with van der Waals surface area (Å²) < 4.78 is 0. The van der Waals surface area contributed by atoms with Gasteiger partial charge in [0.25, 0.3) is 0 Å². The van der Waals surface area contributed by atoms with Crippen LogP contribution < -0.4 is 5.32 Å². The Morgan fingerprint density at radius 1 is 1.44 bits per heavy atom. The zero-order valence-electron chi connectivity index (χ0n) is 9.70. The summed E-state index contributed by atoms with van der Waals surface area (Å²) in [6.45, 7) is 5.35. The van der Waals surface area contributed by atoms with E-state index in [9.17, 15) is 9.59 Å². The fourth-order valence-corrected chi connectivity index (χ4v) is 0.906. The van der Waals surface area contributed by atoms with Crippen molar-refractivity contribution >= 4 is 11.8 Å². The largest absolute Gasteiger partial charge is 0.481 e. The number of carbonyl (C=O) groups is 2. The Morgan fingerprint density at radius 3 is 2.38 bits per heavy atom. The number of carboxylic acids is 1. The van der Waals surface area contributed by atoms with Gasteiger partial charge in [-0.1, -0.05) is 20.8 Å². The zero-order valence-corrected chi connectivity index (χ0v) is 9.70. The van der Waals surface area contributed by atoms with Gasteiger partial charge in [-0.25, -0.2) is 0 Å². The standard InChI is InChI=1S/C11H16N2O3/c1-11(2,3)10(16)8(6-12)7-13-5-4-9(14)15/h7,13H,4-5H2,1-3H3,(H,14,15). The van der Waals surface area contributed by atoms with Crippen LogP contribution in [0.2, 0.25) is 0 Å². The Morgan fingerprint density at radius 2 is 2.00 bits per heavy atom. The first-order valence-electron chi connectivity index (χ1n) is 4.89. The molecule has 0 spiro atoms. The van der Waals surface area contributed by atoms with Gasteiger partial charge >= 0.3 is 5.97 Å². The topological polar surface area (TPSA) is 90.2 Å². The van der Waals surface area contributed by atoms with E-state index < -0.39 is 11.4 Å². The monoisotopic (exact) mass is 224 g/mol. The number of carbonyl (C=O) groups excluding carboxylic acids is 1. The van der Waals surface area contributed by atoms with E-state index in [0.717, 1.165) is 0 Å². The van der Waals surface area contributed by atoms with E-state index in [4.69, 9.17) is 10.4 Å². The van der Waals surface area contributed by atoms with Crippen LogP contribution in [0, 0.1) is 16.7 Å². The molecule has 0 saturated carbocycles. The van der Waals surface area contributed by atoms with Gasteiger partial charge in [-0.05, 0) is 0 Å². The Balaban J connectivity index is 4.41. The maximum Gasteiger partial charge on any atom is 0.305 e. The highest BCUT2D eigenvalue weighted by Crippen LogP contribution is 2.18. The number of rotatable bonds is 5. The summed E-state index contributed by atoms with van der Waals surface area (Å²) in [7, 11) is 0. The van der Waals surface area contributed by atoms with Crippen LogP contribution in [0.3, 0.4) is 0 Å². The van der Waals surface area contributed by atoms with Crippen molar-refractivity contribution in [2.45, 2.75) is 27.2 Å². The van der Waals surface area contributed by atoms with Crippen molar-refractivity contribution in [1.82, 2.24) is 5.32 Å². The quantitative estimate of drug-likeness (QED) is 0.414. The number of aliphatic carboxylic acids is 1. The van der Waals surface area contributed by atoms with E-state index in [0.29, 0.717) is 0 Å². The summed E-state index contributed by atoms with van der Waals surface area (Å²) >= 11 is 0. The molecule has 0 saturated heterocycles. The lowest BCUT2D eigenvalue weighted by atomic mass is 9.87. The first kappa shape index (κ1) is 14.2. The predicted molar refractivity (Wildman–Crippen MR) is 58.4 cm³/mol. The van der Waals surface area contributed by atoms with Gasteiger partial charge in [-0.2, -0.15) is 5.26 Å². The minimum atomic E-state index is -0.929. The summed E-state index contributed by atoms with van der Waals surface area (Å²) in [6.07, 6.45) is 1.22. The number of nitrogens with one attached hydrogen (secondary N) is 1. The third kappa shape index (κ3) is 5.15. The minimum Gasteiger partial charge on any atom is -0.481 e. The first-order chi connectivity index (χ1) is 7.29. The second-order valence-corrected chi connectivity index (χ2v) is 4.35. The molecule has 2 N–H and O–H groups in total. The molecular formula is C11H16N2O3. The van der Waals surface area contributed by atoms with E-state index >= 15 is 0 Å². The molecule has 0 bridgehead atoms. The van der Waals surface area contributed by atoms with Crippen molar-refractivity contribution in [3.05, 3.63) is 11.8 Å². The van der Waals surface area contributed by atoms with Gasteiger partial charge in [-0.3, -0.25) is 9.59 Å². The van der Waals surface area contributed by atoms with Crippen molar-refractivity contribution in [3.63, 3.8) is 0 Å². The molecule has 0 amide bonds. The van der Waals surface area contributed by atoms with E-state index in [-0.39, 0.29) is 24.3 Å². The van der Waals surface area contributed by atoms with E-state index in [1.807, 2.05) is 0 Å². The molecule has 0 radical (unpaired) electrons. The van der Waals surface area contributed by atoms with Crippen molar-refractivity contribution < 1.29 is 14.7 Å². The normalized spacial score (nSPS) is 11.8. The third-order valence-electron chi connectivity index (χ3n) is 1.78. The molecule has 0 aliphatic carbocycles. The summed E-state index contributed by atoms with van der Waals surface area (Å²) in [5.41, 5.74) is -0.603. The van der Waals surface area contributed by atoms with Crippen LogP contribution in [0.5, 0.6) is 0 Å². The molecule has 0 aromatic rings. The molecule has 16 heavy (non-hydrogen) atoms. The first-order valence-corrected chi connectivity index (χ1v) is 4.89. The Hall–Kier alpha value is -1.83. The second kappa shape index (κ2) is 5.91. The van der Waals surface area contributed by atoms with Gasteiger partial charge in [0.15, 0.2) is 5.78 Å². The molecule has 5 nitrogen and oxygen atoms in total. The highest BCUT2D eigenvalue weighted by Gasteiger charge is 2.24. The molecule has 0 atom stereocenters. The molecule has 0 fully saturated rings. The van der Waals surface area contributed by atoms with Gasteiger partial charge in [0.05, 0.1) is 6.42 Å². The van der Waals surface area contributed by atoms with Gasteiger partial charge in [0.2, 0.25) is 0 Å². The molecule has 0 aliphatic rings. The van der Waals surface area contributed by atoms with Crippen LogP contribution in [0.25, 0.3) is 0 Å². The number of hydrogen-bond acceptors (Lipinski definition) is 4. The third-order valence-corrected chi connectivity index (χ3v) is 1.78. The molecule has 0 aromatic heterocycles. The average molecular weight is 224 g/mol. The summed E-state index contributed by atoms with van der Waals surface area (Å²) in [5.74, 6) is -1.20.